The van der Waals surface area contributed by atoms with Crippen molar-refractivity contribution < 1.29 is 14.3 Å². The van der Waals surface area contributed by atoms with Crippen molar-refractivity contribution >= 4 is 12.0 Å². The fourth-order valence-electron chi connectivity index (χ4n) is 3.48. The van der Waals surface area contributed by atoms with Crippen LogP contribution in [0, 0.1) is 11.8 Å². The van der Waals surface area contributed by atoms with Gasteiger partial charge in [-0.3, -0.25) is 4.79 Å². The van der Waals surface area contributed by atoms with Crippen molar-refractivity contribution in [1.29, 1.82) is 0 Å². The van der Waals surface area contributed by atoms with Gasteiger partial charge in [-0.2, -0.15) is 0 Å². The Morgan fingerprint density at radius 1 is 1.32 bits per heavy atom. The van der Waals surface area contributed by atoms with E-state index < -0.39 is 12.1 Å². The van der Waals surface area contributed by atoms with Gasteiger partial charge in [0.05, 0.1) is 7.11 Å². The Labute approximate surface area is 114 Å². The van der Waals surface area contributed by atoms with Crippen LogP contribution in [-0.2, 0) is 9.53 Å². The lowest BCUT2D eigenvalue weighted by Gasteiger charge is -2.36. The topological polar surface area (TPSA) is 58.6 Å². The first-order valence-electron chi connectivity index (χ1n) is 7.12. The molecule has 1 saturated carbocycles. The van der Waals surface area contributed by atoms with Crippen LogP contribution >= 0.6 is 0 Å². The van der Waals surface area contributed by atoms with Gasteiger partial charge < -0.3 is 15.0 Å². The summed E-state index contributed by atoms with van der Waals surface area (Å²) in [5.74, 6) is 0.734. The van der Waals surface area contributed by atoms with Crippen molar-refractivity contribution in [3.05, 3.63) is 0 Å². The summed E-state index contributed by atoms with van der Waals surface area (Å²) in [5.41, 5.74) is 0. The monoisotopic (exact) mass is 268 g/mol. The Balaban J connectivity index is 2.09. The van der Waals surface area contributed by atoms with E-state index in [0.29, 0.717) is 18.0 Å². The number of hydrogen-bond acceptors (Lipinski definition) is 3. The molecule has 19 heavy (non-hydrogen) atoms. The normalized spacial score (nSPS) is 30.6. The lowest BCUT2D eigenvalue weighted by Crippen LogP contribution is -2.55. The van der Waals surface area contributed by atoms with Crippen molar-refractivity contribution in [2.75, 3.05) is 7.11 Å². The maximum Gasteiger partial charge on any atom is 0.407 e. The van der Waals surface area contributed by atoms with Gasteiger partial charge in [0.15, 0.2) is 0 Å². The zero-order valence-electron chi connectivity index (χ0n) is 12.2. The molecule has 2 amide bonds. The van der Waals surface area contributed by atoms with E-state index in [1.807, 2.05) is 18.7 Å². The summed E-state index contributed by atoms with van der Waals surface area (Å²) in [6.07, 6.45) is 2.91. The predicted octanol–water partition coefficient (Wildman–Crippen LogP) is 1.77. The number of nitrogens with one attached hydrogen (secondary N) is 1. The first kappa shape index (κ1) is 14.2. The Morgan fingerprint density at radius 3 is 2.47 bits per heavy atom. The van der Waals surface area contributed by atoms with E-state index in [-0.39, 0.29) is 11.8 Å². The first-order valence-corrected chi connectivity index (χ1v) is 7.12. The van der Waals surface area contributed by atoms with Crippen LogP contribution in [-0.4, -0.2) is 42.1 Å². The van der Waals surface area contributed by atoms with Gasteiger partial charge >= 0.3 is 6.09 Å². The fraction of sp³-hybridized carbons (Fsp3) is 0.857. The maximum atomic E-state index is 12.7. The number of fused-ring (bicyclic) bond motifs is 2. The van der Waals surface area contributed by atoms with Crippen molar-refractivity contribution in [2.24, 2.45) is 11.8 Å². The Bertz CT molecular complexity index is 368. The van der Waals surface area contributed by atoms with Gasteiger partial charge in [0.1, 0.15) is 6.04 Å². The van der Waals surface area contributed by atoms with Crippen molar-refractivity contribution in [2.45, 2.75) is 58.2 Å². The van der Waals surface area contributed by atoms with E-state index in [1.54, 1.807) is 0 Å². The summed E-state index contributed by atoms with van der Waals surface area (Å²) < 4.78 is 4.61. The summed E-state index contributed by atoms with van der Waals surface area (Å²) in [6.45, 7) is 6.01. The van der Waals surface area contributed by atoms with Crippen molar-refractivity contribution in [3.63, 3.8) is 0 Å². The standard InChI is InChI=1S/C14H24N2O3/c1-8(2)12(15-14(18)19-4)13(17)16-9(3)10-5-6-11(16)7-10/h8-12H,5-7H2,1-4H3,(H,15,18)/t9?,10?,11-,12?/m0/s1. The summed E-state index contributed by atoms with van der Waals surface area (Å²) in [5, 5.41) is 2.67. The summed E-state index contributed by atoms with van der Waals surface area (Å²) in [7, 11) is 1.32. The van der Waals surface area contributed by atoms with Gasteiger partial charge in [-0.15, -0.1) is 0 Å². The van der Waals surface area contributed by atoms with E-state index in [9.17, 15) is 9.59 Å². The Hall–Kier alpha value is -1.26. The molecule has 0 aromatic carbocycles. The summed E-state index contributed by atoms with van der Waals surface area (Å²) >= 11 is 0. The number of methoxy groups -OCH3 is 1. The third-order valence-electron chi connectivity index (χ3n) is 4.61. The van der Waals surface area contributed by atoms with E-state index in [4.69, 9.17) is 0 Å². The van der Waals surface area contributed by atoms with Gasteiger partial charge in [-0.25, -0.2) is 4.79 Å². The molecule has 2 fully saturated rings. The second-order valence-electron chi connectivity index (χ2n) is 6.07. The average Bonchev–Trinajstić information content (AvgIpc) is 2.95. The zero-order chi connectivity index (χ0) is 14.2. The largest absolute Gasteiger partial charge is 0.453 e. The van der Waals surface area contributed by atoms with Crippen molar-refractivity contribution in [3.8, 4) is 0 Å². The lowest BCUT2D eigenvalue weighted by molar-refractivity contribution is -0.138. The number of carbonyl (C=O) groups excluding carboxylic acids is 2. The molecule has 1 aliphatic carbocycles. The minimum Gasteiger partial charge on any atom is -0.453 e. The molecule has 2 aliphatic rings. The van der Waals surface area contributed by atoms with Gasteiger partial charge in [0, 0.05) is 12.1 Å². The highest BCUT2D eigenvalue weighted by Gasteiger charge is 2.47. The van der Waals surface area contributed by atoms with E-state index in [2.05, 4.69) is 17.0 Å². The second-order valence-corrected chi connectivity index (χ2v) is 6.07. The molecule has 0 aromatic heterocycles. The second kappa shape index (κ2) is 5.39. The molecule has 4 atom stereocenters. The third-order valence-corrected chi connectivity index (χ3v) is 4.61. The zero-order valence-corrected chi connectivity index (χ0v) is 12.2. The molecule has 2 rings (SSSR count). The van der Waals surface area contributed by atoms with Crippen LogP contribution in [0.3, 0.4) is 0 Å². The number of rotatable bonds is 3. The number of ether oxygens (including phenoxy) is 1. The fourth-order valence-corrected chi connectivity index (χ4v) is 3.48. The number of hydrogen-bond donors (Lipinski definition) is 1. The minimum atomic E-state index is -0.538. The molecule has 0 aromatic rings. The molecule has 1 saturated heterocycles. The number of amides is 2. The lowest BCUT2D eigenvalue weighted by atomic mass is 9.97. The summed E-state index contributed by atoms with van der Waals surface area (Å²) in [6, 6.07) is 0.175. The van der Waals surface area contributed by atoms with E-state index >= 15 is 0 Å². The number of nitrogens with zero attached hydrogens (tertiary/aromatic N) is 1. The highest BCUT2D eigenvalue weighted by atomic mass is 16.5. The van der Waals surface area contributed by atoms with Crippen molar-refractivity contribution in [1.82, 2.24) is 10.2 Å². The molecule has 3 unspecified atom stereocenters. The molecular formula is C14H24N2O3. The Kier molecular flexibility index (Phi) is 4.02. The number of piperidine rings is 1. The van der Waals surface area contributed by atoms with Crippen LogP contribution in [0.4, 0.5) is 4.79 Å². The highest BCUT2D eigenvalue weighted by molar-refractivity contribution is 5.86. The van der Waals surface area contributed by atoms with Crippen LogP contribution < -0.4 is 5.32 Å². The highest BCUT2D eigenvalue weighted by Crippen LogP contribution is 2.42. The van der Waals surface area contributed by atoms with Gasteiger partial charge in [-0.1, -0.05) is 13.8 Å². The van der Waals surface area contributed by atoms with Crippen LogP contribution in [0.15, 0.2) is 0 Å². The number of carbonyl (C=O) groups is 2. The van der Waals surface area contributed by atoms with Crippen LogP contribution in [0.2, 0.25) is 0 Å². The molecule has 5 nitrogen and oxygen atoms in total. The van der Waals surface area contributed by atoms with E-state index in [1.165, 1.54) is 13.5 Å². The third kappa shape index (κ3) is 2.55. The van der Waals surface area contributed by atoms with Gasteiger partial charge in [0.25, 0.3) is 0 Å². The Morgan fingerprint density at radius 2 is 2.00 bits per heavy atom. The predicted molar refractivity (Wildman–Crippen MR) is 71.6 cm³/mol. The quantitative estimate of drug-likeness (QED) is 0.848. The molecular weight excluding hydrogens is 244 g/mol. The molecule has 1 heterocycles. The minimum absolute atomic E-state index is 0.0418. The maximum absolute atomic E-state index is 12.7. The molecule has 5 heteroatoms. The SMILES string of the molecule is COC(=O)NC(C(=O)N1C(C)C2CC[C@H]1C2)C(C)C. The van der Waals surface area contributed by atoms with Gasteiger partial charge in [0.2, 0.25) is 5.91 Å². The molecule has 0 radical (unpaired) electrons. The summed E-state index contributed by atoms with van der Waals surface area (Å²) in [4.78, 5) is 26.1. The molecule has 1 N–H and O–H groups in total. The van der Waals surface area contributed by atoms with E-state index in [0.717, 1.165) is 12.8 Å². The van der Waals surface area contributed by atoms with Crippen LogP contribution in [0.1, 0.15) is 40.0 Å². The number of alkyl carbamates (subject to hydrolysis) is 1. The smallest absolute Gasteiger partial charge is 0.407 e. The first-order chi connectivity index (χ1) is 8.95. The van der Waals surface area contributed by atoms with Gasteiger partial charge in [-0.05, 0) is 38.0 Å². The van der Waals surface area contributed by atoms with Crippen LogP contribution in [0.5, 0.6) is 0 Å². The molecule has 0 spiro atoms. The molecule has 108 valence electrons. The molecule has 2 bridgehead atoms. The number of likely N-dealkylation sites (tertiary alicyclic amines) is 1. The van der Waals surface area contributed by atoms with Crippen LogP contribution in [0.25, 0.3) is 0 Å². The average molecular weight is 268 g/mol. The molecule has 1 aliphatic heterocycles.